The lowest BCUT2D eigenvalue weighted by Gasteiger charge is -2.34. The molecular formula is C21H23N3O3. The van der Waals surface area contributed by atoms with Crippen LogP contribution >= 0.6 is 0 Å². The average molecular weight is 365 g/mol. The third-order valence-corrected chi connectivity index (χ3v) is 5.14. The molecule has 1 amide bonds. The fraction of sp³-hybridized carbons (Fsp3) is 0.333. The van der Waals surface area contributed by atoms with E-state index in [0.717, 1.165) is 19.6 Å². The largest absolute Gasteiger partial charge is 0.419 e. The van der Waals surface area contributed by atoms with Crippen molar-refractivity contribution in [3.05, 3.63) is 70.2 Å². The van der Waals surface area contributed by atoms with Crippen molar-refractivity contribution in [1.82, 2.24) is 14.4 Å². The van der Waals surface area contributed by atoms with Crippen molar-refractivity contribution in [3.63, 3.8) is 0 Å². The summed E-state index contributed by atoms with van der Waals surface area (Å²) in [5, 5.41) is 0. The number of benzene rings is 2. The molecule has 0 aliphatic carbocycles. The van der Waals surface area contributed by atoms with Crippen molar-refractivity contribution in [2.75, 3.05) is 26.2 Å². The zero-order valence-corrected chi connectivity index (χ0v) is 15.4. The first-order valence-corrected chi connectivity index (χ1v) is 9.34. The van der Waals surface area contributed by atoms with E-state index in [0.29, 0.717) is 36.3 Å². The molecule has 0 N–H and O–H groups in total. The number of hydrogen-bond acceptors (Lipinski definition) is 4. The molecule has 1 saturated heterocycles. The summed E-state index contributed by atoms with van der Waals surface area (Å²) in [6, 6.07) is 15.6. The first kappa shape index (κ1) is 17.5. The van der Waals surface area contributed by atoms with E-state index < -0.39 is 0 Å². The second kappa shape index (κ2) is 7.40. The van der Waals surface area contributed by atoms with Gasteiger partial charge < -0.3 is 9.32 Å². The van der Waals surface area contributed by atoms with Crippen molar-refractivity contribution in [2.45, 2.75) is 20.0 Å². The smallest absolute Gasteiger partial charge is 0.408 e. The number of carbonyl (C=O) groups is 1. The van der Waals surface area contributed by atoms with E-state index in [2.05, 4.69) is 29.2 Å². The molecule has 27 heavy (non-hydrogen) atoms. The van der Waals surface area contributed by atoms with Gasteiger partial charge in [0.05, 0.1) is 5.52 Å². The molecule has 0 bridgehead atoms. The van der Waals surface area contributed by atoms with Gasteiger partial charge >= 0.3 is 5.76 Å². The Morgan fingerprint density at radius 1 is 1.04 bits per heavy atom. The minimum Gasteiger partial charge on any atom is -0.408 e. The predicted octanol–water partition coefficient (Wildman–Crippen LogP) is 2.57. The van der Waals surface area contributed by atoms with E-state index >= 15 is 0 Å². The number of hydrogen-bond donors (Lipinski definition) is 0. The van der Waals surface area contributed by atoms with Gasteiger partial charge in [0.25, 0.3) is 5.91 Å². The molecule has 0 spiro atoms. The molecule has 140 valence electrons. The van der Waals surface area contributed by atoms with Crippen molar-refractivity contribution >= 4 is 17.0 Å². The number of carbonyl (C=O) groups excluding carboxylic acids is 1. The molecule has 4 rings (SSSR count). The van der Waals surface area contributed by atoms with Gasteiger partial charge in [-0.3, -0.25) is 14.3 Å². The summed E-state index contributed by atoms with van der Waals surface area (Å²) in [5.41, 5.74) is 3.09. The Kier molecular flexibility index (Phi) is 4.81. The molecule has 1 aromatic heterocycles. The predicted molar refractivity (Wildman–Crippen MR) is 104 cm³/mol. The van der Waals surface area contributed by atoms with E-state index in [-0.39, 0.29) is 11.7 Å². The normalized spacial score (nSPS) is 15.4. The molecule has 2 heterocycles. The Morgan fingerprint density at radius 2 is 1.78 bits per heavy atom. The Hall–Kier alpha value is -2.86. The monoisotopic (exact) mass is 365 g/mol. The lowest BCUT2D eigenvalue weighted by Crippen LogP contribution is -2.48. The van der Waals surface area contributed by atoms with Crippen LogP contribution in [0.1, 0.15) is 22.8 Å². The maximum Gasteiger partial charge on any atom is 0.419 e. The quantitative estimate of drug-likeness (QED) is 0.713. The van der Waals surface area contributed by atoms with Crippen molar-refractivity contribution < 1.29 is 9.21 Å². The highest BCUT2D eigenvalue weighted by Crippen LogP contribution is 2.18. The number of rotatable bonds is 4. The number of oxazole rings is 1. The summed E-state index contributed by atoms with van der Waals surface area (Å²) in [7, 11) is 0. The molecule has 0 radical (unpaired) electrons. The van der Waals surface area contributed by atoms with E-state index in [1.54, 1.807) is 22.8 Å². The summed E-state index contributed by atoms with van der Waals surface area (Å²) < 4.78 is 6.76. The molecule has 0 saturated carbocycles. The SMILES string of the molecule is CCn1c(=O)oc2ccc(C(=O)N3CCN(Cc4ccccc4)CC3)cc21. The molecule has 1 aliphatic heterocycles. The van der Waals surface area contributed by atoms with Crippen LogP contribution in [0, 0.1) is 0 Å². The zero-order chi connectivity index (χ0) is 18.8. The van der Waals surface area contributed by atoms with Gasteiger partial charge in [0.2, 0.25) is 0 Å². The molecule has 6 nitrogen and oxygen atoms in total. The summed E-state index contributed by atoms with van der Waals surface area (Å²) in [6.07, 6.45) is 0. The fourth-order valence-corrected chi connectivity index (χ4v) is 3.63. The third kappa shape index (κ3) is 3.53. The van der Waals surface area contributed by atoms with Crippen LogP contribution < -0.4 is 5.76 Å². The number of aryl methyl sites for hydroxylation is 1. The Bertz CT molecular complexity index is 998. The van der Waals surface area contributed by atoms with Crippen LogP contribution in [0.15, 0.2) is 57.7 Å². The van der Waals surface area contributed by atoms with Crippen LogP contribution in [0.4, 0.5) is 0 Å². The van der Waals surface area contributed by atoms with Crippen LogP contribution in [0.25, 0.3) is 11.1 Å². The van der Waals surface area contributed by atoms with Gasteiger partial charge in [0.15, 0.2) is 5.58 Å². The van der Waals surface area contributed by atoms with E-state index in [9.17, 15) is 9.59 Å². The highest BCUT2D eigenvalue weighted by Gasteiger charge is 2.23. The first-order valence-electron chi connectivity index (χ1n) is 9.34. The number of aromatic nitrogens is 1. The minimum absolute atomic E-state index is 0.00700. The molecule has 0 atom stereocenters. The van der Waals surface area contributed by atoms with Gasteiger partial charge in [0.1, 0.15) is 0 Å². The zero-order valence-electron chi connectivity index (χ0n) is 15.4. The molecular weight excluding hydrogens is 342 g/mol. The minimum atomic E-state index is -0.383. The summed E-state index contributed by atoms with van der Waals surface area (Å²) in [6.45, 7) is 6.43. The van der Waals surface area contributed by atoms with Crippen LogP contribution in [-0.4, -0.2) is 46.5 Å². The van der Waals surface area contributed by atoms with E-state index in [1.165, 1.54) is 5.56 Å². The Balaban J connectivity index is 1.45. The number of amides is 1. The van der Waals surface area contributed by atoms with Crippen LogP contribution in [0.2, 0.25) is 0 Å². The van der Waals surface area contributed by atoms with Crippen molar-refractivity contribution in [3.8, 4) is 0 Å². The number of fused-ring (bicyclic) bond motifs is 1. The topological polar surface area (TPSA) is 58.7 Å². The lowest BCUT2D eigenvalue weighted by molar-refractivity contribution is 0.0628. The van der Waals surface area contributed by atoms with Gasteiger partial charge in [-0.1, -0.05) is 30.3 Å². The maximum atomic E-state index is 12.9. The second-order valence-electron chi connectivity index (χ2n) is 6.85. The van der Waals surface area contributed by atoms with Crippen molar-refractivity contribution in [1.29, 1.82) is 0 Å². The average Bonchev–Trinajstić information content (AvgIpc) is 3.03. The van der Waals surface area contributed by atoms with E-state index in [1.807, 2.05) is 17.9 Å². The molecule has 3 aromatic rings. The first-order chi connectivity index (χ1) is 13.2. The molecule has 2 aromatic carbocycles. The van der Waals surface area contributed by atoms with Gasteiger partial charge in [-0.05, 0) is 30.7 Å². The third-order valence-electron chi connectivity index (χ3n) is 5.14. The summed E-state index contributed by atoms with van der Waals surface area (Å²) >= 11 is 0. The van der Waals surface area contributed by atoms with Crippen molar-refractivity contribution in [2.24, 2.45) is 0 Å². The fourth-order valence-electron chi connectivity index (χ4n) is 3.63. The van der Waals surface area contributed by atoms with Gasteiger partial charge in [-0.25, -0.2) is 4.79 Å². The van der Waals surface area contributed by atoms with Crippen LogP contribution in [0.3, 0.4) is 0 Å². The molecule has 6 heteroatoms. The maximum absolute atomic E-state index is 12.9. The summed E-state index contributed by atoms with van der Waals surface area (Å²) in [4.78, 5) is 29.0. The highest BCUT2D eigenvalue weighted by atomic mass is 16.4. The Morgan fingerprint density at radius 3 is 2.48 bits per heavy atom. The molecule has 1 aliphatic rings. The van der Waals surface area contributed by atoms with Crippen LogP contribution in [-0.2, 0) is 13.1 Å². The van der Waals surface area contributed by atoms with Gasteiger partial charge in [-0.2, -0.15) is 0 Å². The summed E-state index contributed by atoms with van der Waals surface area (Å²) in [5.74, 6) is -0.376. The molecule has 0 unspecified atom stereocenters. The van der Waals surface area contributed by atoms with E-state index in [4.69, 9.17) is 4.42 Å². The number of nitrogens with zero attached hydrogens (tertiary/aromatic N) is 3. The standard InChI is InChI=1S/C21H23N3O3/c1-2-24-18-14-17(8-9-19(18)27-21(24)26)20(25)23-12-10-22(11-13-23)15-16-6-4-3-5-7-16/h3-9,14H,2,10-13,15H2,1H3. The number of piperazine rings is 1. The van der Waals surface area contributed by atoms with Crippen LogP contribution in [0.5, 0.6) is 0 Å². The second-order valence-corrected chi connectivity index (χ2v) is 6.85. The Labute approximate surface area is 157 Å². The van der Waals surface area contributed by atoms with Gasteiger partial charge in [-0.15, -0.1) is 0 Å². The van der Waals surface area contributed by atoms with Gasteiger partial charge in [0, 0.05) is 44.8 Å². The lowest BCUT2D eigenvalue weighted by atomic mass is 10.1. The molecule has 1 fully saturated rings. The highest BCUT2D eigenvalue weighted by molar-refractivity contribution is 5.97.